The first-order chi connectivity index (χ1) is 9.15. The molecule has 1 aliphatic heterocycles. The second kappa shape index (κ2) is 5.13. The lowest BCUT2D eigenvalue weighted by Gasteiger charge is -2.26. The van der Waals surface area contributed by atoms with Crippen LogP contribution in [0.1, 0.15) is 32.6 Å². The molecule has 0 N–H and O–H groups in total. The van der Waals surface area contributed by atoms with Gasteiger partial charge in [-0.3, -0.25) is 10.1 Å². The van der Waals surface area contributed by atoms with Gasteiger partial charge in [-0.2, -0.15) is 0 Å². The molecule has 19 heavy (non-hydrogen) atoms. The molecule has 1 aromatic rings. The maximum atomic E-state index is 10.6. The van der Waals surface area contributed by atoms with Crippen molar-refractivity contribution in [2.75, 3.05) is 0 Å². The molecule has 0 bridgehead atoms. The topological polar surface area (TPSA) is 46.4 Å². The fraction of sp³-hybridized carbons (Fsp3) is 0.571. The molecule has 1 aliphatic carbocycles. The van der Waals surface area contributed by atoms with Crippen LogP contribution in [-0.2, 0) is 0 Å². The third kappa shape index (κ3) is 2.49. The predicted molar refractivity (Wildman–Crippen MR) is 76.0 cm³/mol. The minimum atomic E-state index is -0.347. The van der Waals surface area contributed by atoms with Crippen molar-refractivity contribution in [2.24, 2.45) is 5.92 Å². The van der Waals surface area contributed by atoms with Crippen molar-refractivity contribution < 1.29 is 4.92 Å². The normalized spacial score (nSPS) is 30.5. The average molecular weight is 278 g/mol. The Hall–Kier alpha value is -1.07. The van der Waals surface area contributed by atoms with E-state index in [0.717, 1.165) is 10.8 Å². The zero-order chi connectivity index (χ0) is 13.4. The summed E-state index contributed by atoms with van der Waals surface area (Å²) in [5.74, 6) is 0.862. The Balaban J connectivity index is 1.72. The number of nitro benzene ring substituents is 1. The molecule has 1 aromatic carbocycles. The number of non-ortho nitro benzene ring substituents is 1. The molecule has 0 radical (unpaired) electrons. The van der Waals surface area contributed by atoms with Crippen LogP contribution in [0, 0.1) is 16.0 Å². The summed E-state index contributed by atoms with van der Waals surface area (Å²) in [6.07, 6.45) is 5.31. The molecule has 3 atom stereocenters. The number of nitrogens with zero attached hydrogens (tertiary/aromatic N) is 2. The second-order valence-electron chi connectivity index (χ2n) is 5.55. The molecule has 1 saturated heterocycles. The number of hydrogen-bond donors (Lipinski definition) is 0. The Kier molecular flexibility index (Phi) is 3.50. The Morgan fingerprint density at radius 3 is 2.74 bits per heavy atom. The number of benzene rings is 1. The quantitative estimate of drug-likeness (QED) is 0.478. The van der Waals surface area contributed by atoms with Gasteiger partial charge in [-0.15, -0.1) is 0 Å². The Morgan fingerprint density at radius 1 is 1.32 bits per heavy atom. The molecule has 0 amide bonds. The standard InChI is InChI=1S/C14H18N2O2S/c1-10-9-11-3-2-4-14(11)15(10)19-13-7-5-12(6-8-13)16(17)18/h5-8,10-11,14H,2-4,9H2,1H3. The van der Waals surface area contributed by atoms with Crippen LogP contribution in [0.25, 0.3) is 0 Å². The van der Waals surface area contributed by atoms with Gasteiger partial charge in [-0.1, -0.05) is 6.42 Å². The molecule has 0 spiro atoms. The second-order valence-corrected chi connectivity index (χ2v) is 6.62. The summed E-state index contributed by atoms with van der Waals surface area (Å²) in [6.45, 7) is 2.29. The Morgan fingerprint density at radius 2 is 2.05 bits per heavy atom. The highest BCUT2D eigenvalue weighted by atomic mass is 32.2. The molecule has 4 nitrogen and oxygen atoms in total. The monoisotopic (exact) mass is 278 g/mol. The molecule has 2 fully saturated rings. The summed E-state index contributed by atoms with van der Waals surface area (Å²) in [5.41, 5.74) is 0.164. The van der Waals surface area contributed by atoms with Crippen LogP contribution in [0.2, 0.25) is 0 Å². The highest BCUT2D eigenvalue weighted by molar-refractivity contribution is 7.97. The molecule has 3 rings (SSSR count). The number of nitro groups is 1. The molecule has 2 aliphatic rings. The predicted octanol–water partition coefficient (Wildman–Crippen LogP) is 3.86. The van der Waals surface area contributed by atoms with Gasteiger partial charge in [0.05, 0.1) is 4.92 Å². The maximum absolute atomic E-state index is 10.6. The van der Waals surface area contributed by atoms with E-state index in [-0.39, 0.29) is 10.6 Å². The minimum absolute atomic E-state index is 0.164. The largest absolute Gasteiger partial charge is 0.269 e. The van der Waals surface area contributed by atoms with Crippen molar-refractivity contribution in [3.8, 4) is 0 Å². The van der Waals surface area contributed by atoms with Crippen LogP contribution in [0.4, 0.5) is 5.69 Å². The van der Waals surface area contributed by atoms with Gasteiger partial charge in [-0.25, -0.2) is 4.31 Å². The summed E-state index contributed by atoms with van der Waals surface area (Å²) in [5, 5.41) is 10.6. The SMILES string of the molecule is CC1CC2CCCC2N1Sc1ccc([N+](=O)[O-])cc1. The molecule has 1 saturated carbocycles. The van der Waals surface area contributed by atoms with Crippen LogP contribution in [-0.4, -0.2) is 21.3 Å². The van der Waals surface area contributed by atoms with Gasteiger partial charge in [0.1, 0.15) is 0 Å². The maximum Gasteiger partial charge on any atom is 0.269 e. The molecular formula is C14H18N2O2S. The third-order valence-corrected chi connectivity index (χ3v) is 5.61. The fourth-order valence-electron chi connectivity index (χ4n) is 3.40. The summed E-state index contributed by atoms with van der Waals surface area (Å²) >= 11 is 1.77. The Bertz CT molecular complexity index is 477. The van der Waals surface area contributed by atoms with Crippen molar-refractivity contribution >= 4 is 17.6 Å². The van der Waals surface area contributed by atoms with Gasteiger partial charge in [0.2, 0.25) is 0 Å². The van der Waals surface area contributed by atoms with E-state index in [1.807, 2.05) is 12.1 Å². The summed E-state index contributed by atoms with van der Waals surface area (Å²) in [7, 11) is 0. The number of hydrogen-bond acceptors (Lipinski definition) is 4. The van der Waals surface area contributed by atoms with E-state index < -0.39 is 0 Å². The highest BCUT2D eigenvalue weighted by Crippen LogP contribution is 2.46. The van der Waals surface area contributed by atoms with E-state index in [1.54, 1.807) is 24.1 Å². The lowest BCUT2D eigenvalue weighted by molar-refractivity contribution is -0.384. The van der Waals surface area contributed by atoms with Gasteiger partial charge in [0.25, 0.3) is 5.69 Å². The molecule has 0 aromatic heterocycles. The minimum Gasteiger partial charge on any atom is -0.258 e. The number of fused-ring (bicyclic) bond motifs is 1. The summed E-state index contributed by atoms with van der Waals surface area (Å²) in [4.78, 5) is 11.4. The van der Waals surface area contributed by atoms with E-state index in [2.05, 4.69) is 11.2 Å². The first-order valence-electron chi connectivity index (χ1n) is 6.86. The van der Waals surface area contributed by atoms with E-state index in [4.69, 9.17) is 0 Å². The van der Waals surface area contributed by atoms with Crippen molar-refractivity contribution in [3.05, 3.63) is 34.4 Å². The van der Waals surface area contributed by atoms with E-state index in [0.29, 0.717) is 12.1 Å². The van der Waals surface area contributed by atoms with Crippen LogP contribution >= 0.6 is 11.9 Å². The lowest BCUT2D eigenvalue weighted by Crippen LogP contribution is -2.27. The van der Waals surface area contributed by atoms with Crippen molar-refractivity contribution in [3.63, 3.8) is 0 Å². The summed E-state index contributed by atoms with van der Waals surface area (Å²) in [6, 6.07) is 8.21. The number of rotatable bonds is 3. The van der Waals surface area contributed by atoms with Gasteiger partial charge in [0.15, 0.2) is 0 Å². The molecular weight excluding hydrogens is 260 g/mol. The summed E-state index contributed by atoms with van der Waals surface area (Å²) < 4.78 is 2.51. The van der Waals surface area contributed by atoms with Crippen LogP contribution in [0.5, 0.6) is 0 Å². The molecule has 3 unspecified atom stereocenters. The van der Waals surface area contributed by atoms with Crippen LogP contribution < -0.4 is 0 Å². The fourth-order valence-corrected chi connectivity index (χ4v) is 4.58. The van der Waals surface area contributed by atoms with Crippen molar-refractivity contribution in [1.29, 1.82) is 0 Å². The van der Waals surface area contributed by atoms with Crippen LogP contribution in [0.3, 0.4) is 0 Å². The van der Waals surface area contributed by atoms with Gasteiger partial charge in [-0.05, 0) is 56.2 Å². The van der Waals surface area contributed by atoms with Crippen LogP contribution in [0.15, 0.2) is 29.2 Å². The molecule has 5 heteroatoms. The van der Waals surface area contributed by atoms with Crippen molar-refractivity contribution in [1.82, 2.24) is 4.31 Å². The van der Waals surface area contributed by atoms with E-state index in [9.17, 15) is 10.1 Å². The first kappa shape index (κ1) is 12.9. The Labute approximate surface area is 117 Å². The molecule has 1 heterocycles. The van der Waals surface area contributed by atoms with E-state index >= 15 is 0 Å². The smallest absolute Gasteiger partial charge is 0.258 e. The third-order valence-electron chi connectivity index (χ3n) is 4.28. The van der Waals surface area contributed by atoms with Gasteiger partial charge < -0.3 is 0 Å². The lowest BCUT2D eigenvalue weighted by atomic mass is 10.0. The van der Waals surface area contributed by atoms with Gasteiger partial charge >= 0.3 is 0 Å². The highest BCUT2D eigenvalue weighted by Gasteiger charge is 2.42. The van der Waals surface area contributed by atoms with Crippen molar-refractivity contribution in [2.45, 2.75) is 49.6 Å². The first-order valence-corrected chi connectivity index (χ1v) is 7.63. The zero-order valence-electron chi connectivity index (χ0n) is 11.0. The van der Waals surface area contributed by atoms with Gasteiger partial charge in [0, 0.05) is 29.1 Å². The molecule has 102 valence electrons. The average Bonchev–Trinajstić information content (AvgIpc) is 2.94. The zero-order valence-corrected chi connectivity index (χ0v) is 11.8. The van der Waals surface area contributed by atoms with E-state index in [1.165, 1.54) is 25.7 Å².